The molecule has 2 aromatic rings. The molecule has 0 fully saturated rings. The summed E-state index contributed by atoms with van der Waals surface area (Å²) >= 11 is 12.5. The Labute approximate surface area is 155 Å². The van der Waals surface area contributed by atoms with Crippen molar-refractivity contribution in [3.8, 4) is 5.88 Å². The Kier molecular flexibility index (Phi) is 6.08. The summed E-state index contributed by atoms with van der Waals surface area (Å²) in [6.07, 6.45) is 1.41. The molecule has 0 unspecified atom stereocenters. The number of hydrogen-bond acceptors (Lipinski definition) is 5. The molecular weight excluding hydrogens is 367 g/mol. The molecular formula is C17H18Cl2N2O4. The first-order chi connectivity index (χ1) is 11.8. The third-order valence-electron chi connectivity index (χ3n) is 3.64. The molecule has 1 aromatic heterocycles. The smallest absolute Gasteiger partial charge is 0.305 e. The lowest BCUT2D eigenvalue weighted by atomic mass is 10.0. The van der Waals surface area contributed by atoms with Crippen molar-refractivity contribution >= 4 is 35.0 Å². The number of ether oxygens (including phenoxy) is 2. The predicted molar refractivity (Wildman–Crippen MR) is 94.5 cm³/mol. The van der Waals surface area contributed by atoms with Crippen LogP contribution in [0.15, 0.2) is 12.3 Å². The predicted octanol–water partition coefficient (Wildman–Crippen LogP) is 3.96. The maximum Gasteiger partial charge on any atom is 0.305 e. The number of esters is 1. The summed E-state index contributed by atoms with van der Waals surface area (Å²) in [5, 5.41) is 4.95. The van der Waals surface area contributed by atoms with E-state index in [4.69, 9.17) is 32.7 Å². The molecule has 0 aliphatic carbocycles. The third kappa shape index (κ3) is 3.96. The maximum atomic E-state index is 13.0. The van der Waals surface area contributed by atoms with Gasteiger partial charge in [0, 0.05) is 24.1 Å². The van der Waals surface area contributed by atoms with Crippen LogP contribution in [-0.2, 0) is 16.1 Å². The van der Waals surface area contributed by atoms with Gasteiger partial charge in [-0.25, -0.2) is 4.68 Å². The summed E-state index contributed by atoms with van der Waals surface area (Å²) < 4.78 is 11.7. The zero-order chi connectivity index (χ0) is 18.7. The minimum absolute atomic E-state index is 0.218. The minimum Gasteiger partial charge on any atom is -0.440 e. The van der Waals surface area contributed by atoms with Crippen LogP contribution >= 0.6 is 23.2 Å². The second-order valence-corrected chi connectivity index (χ2v) is 6.16. The summed E-state index contributed by atoms with van der Waals surface area (Å²) in [5.74, 6) is -0.608. The number of halogens is 2. The van der Waals surface area contributed by atoms with Crippen molar-refractivity contribution in [1.82, 2.24) is 9.78 Å². The average molecular weight is 385 g/mol. The van der Waals surface area contributed by atoms with Gasteiger partial charge in [-0.15, -0.1) is 0 Å². The monoisotopic (exact) mass is 384 g/mol. The van der Waals surface area contributed by atoms with Crippen molar-refractivity contribution in [2.45, 2.75) is 34.2 Å². The van der Waals surface area contributed by atoms with Gasteiger partial charge < -0.3 is 9.47 Å². The summed E-state index contributed by atoms with van der Waals surface area (Å²) in [5.41, 5.74) is 1.93. The summed E-state index contributed by atoms with van der Waals surface area (Å²) in [4.78, 5) is 23.9. The van der Waals surface area contributed by atoms with Gasteiger partial charge in [-0.1, -0.05) is 23.2 Å². The first kappa shape index (κ1) is 19.3. The molecule has 0 aliphatic rings. The van der Waals surface area contributed by atoms with Crippen molar-refractivity contribution in [2.75, 3.05) is 6.79 Å². The molecule has 0 spiro atoms. The van der Waals surface area contributed by atoms with Gasteiger partial charge >= 0.3 is 5.97 Å². The van der Waals surface area contributed by atoms with E-state index in [1.165, 1.54) is 17.8 Å². The van der Waals surface area contributed by atoms with Gasteiger partial charge in [0.2, 0.25) is 18.5 Å². The van der Waals surface area contributed by atoms with Crippen LogP contribution in [0.3, 0.4) is 0 Å². The number of hydrogen-bond donors (Lipinski definition) is 0. The largest absolute Gasteiger partial charge is 0.440 e. The van der Waals surface area contributed by atoms with E-state index in [0.717, 1.165) is 5.56 Å². The highest BCUT2D eigenvalue weighted by Crippen LogP contribution is 2.33. The fourth-order valence-electron chi connectivity index (χ4n) is 2.32. The number of benzene rings is 1. The van der Waals surface area contributed by atoms with Crippen LogP contribution in [0.2, 0.25) is 10.0 Å². The molecule has 2 rings (SSSR count). The molecule has 0 radical (unpaired) electrons. The van der Waals surface area contributed by atoms with Crippen LogP contribution in [-0.4, -0.2) is 28.3 Å². The molecule has 1 aromatic carbocycles. The van der Waals surface area contributed by atoms with Crippen LogP contribution in [0, 0.1) is 13.8 Å². The Morgan fingerprint density at radius 2 is 1.88 bits per heavy atom. The highest BCUT2D eigenvalue weighted by atomic mass is 35.5. The fourth-order valence-corrected chi connectivity index (χ4v) is 2.76. The number of carbonyl (C=O) groups is 2. The number of carbonyl (C=O) groups excluding carboxylic acids is 2. The Bertz CT molecular complexity index is 831. The van der Waals surface area contributed by atoms with Gasteiger partial charge in [-0.05, 0) is 38.0 Å². The van der Waals surface area contributed by atoms with Crippen LogP contribution in [0.25, 0.3) is 0 Å². The van der Waals surface area contributed by atoms with E-state index in [9.17, 15) is 9.59 Å². The van der Waals surface area contributed by atoms with Crippen molar-refractivity contribution in [2.24, 2.45) is 0 Å². The molecule has 25 heavy (non-hydrogen) atoms. The first-order valence-electron chi connectivity index (χ1n) is 7.59. The molecule has 1 heterocycles. The van der Waals surface area contributed by atoms with E-state index in [1.54, 1.807) is 19.9 Å². The molecule has 6 nitrogen and oxygen atoms in total. The van der Waals surface area contributed by atoms with E-state index >= 15 is 0 Å². The van der Waals surface area contributed by atoms with E-state index in [-0.39, 0.29) is 29.0 Å². The van der Waals surface area contributed by atoms with Gasteiger partial charge in [0.25, 0.3) is 0 Å². The average Bonchev–Trinajstić information content (AvgIpc) is 2.98. The highest BCUT2D eigenvalue weighted by molar-refractivity contribution is 6.39. The summed E-state index contributed by atoms with van der Waals surface area (Å²) in [7, 11) is 0. The quantitative estimate of drug-likeness (QED) is 0.428. The maximum absolute atomic E-state index is 13.0. The van der Waals surface area contributed by atoms with Crippen molar-refractivity contribution in [1.29, 1.82) is 0 Å². The van der Waals surface area contributed by atoms with E-state index < -0.39 is 5.97 Å². The molecule has 0 saturated heterocycles. The van der Waals surface area contributed by atoms with Gasteiger partial charge in [0.05, 0.1) is 11.2 Å². The van der Waals surface area contributed by atoms with Gasteiger partial charge in [-0.3, -0.25) is 9.59 Å². The molecule has 0 aliphatic heterocycles. The number of ketones is 1. The van der Waals surface area contributed by atoms with Gasteiger partial charge in [-0.2, -0.15) is 5.10 Å². The zero-order valence-corrected chi connectivity index (χ0v) is 15.9. The van der Waals surface area contributed by atoms with Gasteiger partial charge in [0.1, 0.15) is 5.56 Å². The Balaban J connectivity index is 2.43. The number of nitrogens with zero attached hydrogens (tertiary/aromatic N) is 2. The lowest BCUT2D eigenvalue weighted by Gasteiger charge is -2.12. The van der Waals surface area contributed by atoms with Crippen LogP contribution in [0.4, 0.5) is 0 Å². The highest BCUT2D eigenvalue weighted by Gasteiger charge is 2.24. The second-order valence-electron chi connectivity index (χ2n) is 5.40. The van der Waals surface area contributed by atoms with E-state index in [1.807, 2.05) is 6.92 Å². The Hall–Kier alpha value is -2.05. The normalized spacial score (nSPS) is 10.6. The molecule has 0 N–H and O–H groups in total. The summed E-state index contributed by atoms with van der Waals surface area (Å²) in [6, 6.07) is 1.64. The minimum atomic E-state index is -0.484. The molecule has 134 valence electrons. The van der Waals surface area contributed by atoms with E-state index in [2.05, 4.69) is 5.10 Å². The lowest BCUT2D eigenvalue weighted by molar-refractivity contribution is -0.147. The molecule has 0 amide bonds. The van der Waals surface area contributed by atoms with E-state index in [0.29, 0.717) is 22.7 Å². The Morgan fingerprint density at radius 3 is 2.48 bits per heavy atom. The number of rotatable bonds is 6. The molecule has 8 heteroatoms. The molecule has 0 bridgehead atoms. The fraction of sp³-hybridized carbons (Fsp3) is 0.353. The number of aromatic nitrogens is 2. The second kappa shape index (κ2) is 7.89. The molecule has 0 saturated carbocycles. The third-order valence-corrected chi connectivity index (χ3v) is 4.71. The van der Waals surface area contributed by atoms with Crippen molar-refractivity contribution in [3.63, 3.8) is 0 Å². The van der Waals surface area contributed by atoms with Crippen LogP contribution in [0.1, 0.15) is 40.9 Å². The first-order valence-corrected chi connectivity index (χ1v) is 8.35. The van der Waals surface area contributed by atoms with Gasteiger partial charge in [0.15, 0.2) is 0 Å². The van der Waals surface area contributed by atoms with Crippen LogP contribution in [0.5, 0.6) is 5.88 Å². The SMILES string of the molecule is CCn1ncc(C(=O)c2cc(C)c(Cl)c(C)c2Cl)c1OCOC(C)=O. The lowest BCUT2D eigenvalue weighted by Crippen LogP contribution is -2.13. The van der Waals surface area contributed by atoms with Crippen LogP contribution < -0.4 is 4.74 Å². The standard InChI is InChI=1S/C17H18Cl2N2O4/c1-5-21-17(25-8-24-11(4)22)13(7-20-21)16(23)12-6-9(2)14(18)10(3)15(12)19/h6-7H,5,8H2,1-4H3. The topological polar surface area (TPSA) is 70.4 Å². The van der Waals surface area contributed by atoms with Crippen molar-refractivity contribution in [3.05, 3.63) is 44.6 Å². The van der Waals surface area contributed by atoms with Crippen molar-refractivity contribution < 1.29 is 19.1 Å². The number of aryl methyl sites for hydroxylation is 2. The zero-order valence-electron chi connectivity index (χ0n) is 14.4. The summed E-state index contributed by atoms with van der Waals surface area (Å²) in [6.45, 7) is 6.84. The molecule has 0 atom stereocenters. The Morgan fingerprint density at radius 1 is 1.20 bits per heavy atom.